The molecule has 98 valence electrons. The van der Waals surface area contributed by atoms with Crippen molar-refractivity contribution < 1.29 is 9.18 Å². The van der Waals surface area contributed by atoms with Gasteiger partial charge >= 0.3 is 0 Å². The molecule has 1 unspecified atom stereocenters. The molecule has 2 aromatic rings. The third kappa shape index (κ3) is 3.50. The van der Waals surface area contributed by atoms with Crippen LogP contribution in [0.4, 0.5) is 4.39 Å². The van der Waals surface area contributed by atoms with E-state index in [1.807, 2.05) is 38.1 Å². The first-order valence-corrected chi connectivity index (χ1v) is 6.41. The molecule has 0 amide bonds. The summed E-state index contributed by atoms with van der Waals surface area (Å²) in [5, 5.41) is 0. The molecule has 1 atom stereocenters. The van der Waals surface area contributed by atoms with Crippen molar-refractivity contribution in [1.82, 2.24) is 0 Å². The van der Waals surface area contributed by atoms with Gasteiger partial charge in [0.25, 0.3) is 0 Å². The van der Waals surface area contributed by atoms with E-state index in [0.29, 0.717) is 6.42 Å². The predicted molar refractivity (Wildman–Crippen MR) is 74.8 cm³/mol. The summed E-state index contributed by atoms with van der Waals surface area (Å²) in [6.45, 7) is 3.88. The third-order valence-electron chi connectivity index (χ3n) is 3.21. The number of carbonyl (C=O) groups excluding carboxylic acids is 1. The maximum Gasteiger partial charge on any atom is 0.166 e. The summed E-state index contributed by atoms with van der Waals surface area (Å²) in [7, 11) is 0. The minimum absolute atomic E-state index is 0.104. The molecule has 0 fully saturated rings. The fraction of sp³-hybridized carbons (Fsp3) is 0.235. The van der Waals surface area contributed by atoms with Gasteiger partial charge in [0.05, 0.1) is 0 Å². The number of rotatable bonds is 4. The van der Waals surface area contributed by atoms with E-state index in [2.05, 4.69) is 0 Å². The van der Waals surface area contributed by atoms with Crippen LogP contribution >= 0.6 is 0 Å². The van der Waals surface area contributed by atoms with Crippen LogP contribution in [0.5, 0.6) is 0 Å². The van der Waals surface area contributed by atoms with Gasteiger partial charge in [-0.25, -0.2) is 4.39 Å². The van der Waals surface area contributed by atoms with Crippen LogP contribution in [0.15, 0.2) is 48.5 Å². The van der Waals surface area contributed by atoms with Crippen molar-refractivity contribution >= 4 is 5.78 Å². The highest BCUT2D eigenvalue weighted by atomic mass is 19.1. The molecule has 2 aromatic carbocycles. The summed E-state index contributed by atoms with van der Waals surface area (Å²) < 4.78 is 12.8. The molecule has 0 aliphatic heterocycles. The van der Waals surface area contributed by atoms with Crippen LogP contribution < -0.4 is 0 Å². The molecule has 0 spiro atoms. The van der Waals surface area contributed by atoms with Gasteiger partial charge in [-0.15, -0.1) is 0 Å². The summed E-state index contributed by atoms with van der Waals surface area (Å²) in [5.41, 5.74) is 2.81. The van der Waals surface area contributed by atoms with Crippen molar-refractivity contribution in [3.05, 3.63) is 71.0 Å². The highest BCUT2D eigenvalue weighted by Crippen LogP contribution is 2.16. The molecule has 0 heterocycles. The zero-order valence-corrected chi connectivity index (χ0v) is 11.2. The molecule has 1 nitrogen and oxygen atoms in total. The molecule has 0 saturated carbocycles. The van der Waals surface area contributed by atoms with Crippen LogP contribution in [0, 0.1) is 18.7 Å². The maximum atomic E-state index is 12.8. The minimum atomic E-state index is -0.249. The Labute approximate surface area is 113 Å². The van der Waals surface area contributed by atoms with Gasteiger partial charge in [0.15, 0.2) is 5.78 Å². The van der Waals surface area contributed by atoms with E-state index in [1.165, 1.54) is 12.1 Å². The fourth-order valence-corrected chi connectivity index (χ4v) is 2.15. The Kier molecular flexibility index (Phi) is 4.10. The molecule has 2 heteroatoms. The highest BCUT2D eigenvalue weighted by Gasteiger charge is 2.15. The lowest BCUT2D eigenvalue weighted by molar-refractivity contribution is 0.0929. The topological polar surface area (TPSA) is 17.1 Å². The quantitative estimate of drug-likeness (QED) is 0.749. The Morgan fingerprint density at radius 2 is 1.84 bits per heavy atom. The number of halogens is 1. The van der Waals surface area contributed by atoms with E-state index in [4.69, 9.17) is 0 Å². The highest BCUT2D eigenvalue weighted by molar-refractivity contribution is 5.97. The normalized spacial score (nSPS) is 12.2. The lowest BCUT2D eigenvalue weighted by Crippen LogP contribution is -2.14. The summed E-state index contributed by atoms with van der Waals surface area (Å²) in [6, 6.07) is 13.9. The molecular formula is C17H17FO. The van der Waals surface area contributed by atoms with Crippen molar-refractivity contribution in [2.45, 2.75) is 20.3 Å². The first kappa shape index (κ1) is 13.5. The van der Waals surface area contributed by atoms with Crippen molar-refractivity contribution in [2.24, 2.45) is 5.92 Å². The first-order valence-electron chi connectivity index (χ1n) is 6.41. The zero-order chi connectivity index (χ0) is 13.8. The molecule has 0 aliphatic rings. The van der Waals surface area contributed by atoms with Gasteiger partial charge in [-0.1, -0.05) is 42.8 Å². The van der Waals surface area contributed by atoms with Crippen molar-refractivity contribution in [1.29, 1.82) is 0 Å². The predicted octanol–water partition coefficient (Wildman–Crippen LogP) is 4.20. The third-order valence-corrected chi connectivity index (χ3v) is 3.21. The van der Waals surface area contributed by atoms with Crippen LogP contribution in [0.25, 0.3) is 0 Å². The van der Waals surface area contributed by atoms with Crippen LogP contribution in [0.3, 0.4) is 0 Å². The van der Waals surface area contributed by atoms with Gasteiger partial charge in [-0.05, 0) is 37.1 Å². The van der Waals surface area contributed by atoms with Crippen molar-refractivity contribution in [2.75, 3.05) is 0 Å². The van der Waals surface area contributed by atoms with Crippen molar-refractivity contribution in [3.8, 4) is 0 Å². The van der Waals surface area contributed by atoms with E-state index in [1.54, 1.807) is 12.1 Å². The summed E-state index contributed by atoms with van der Waals surface area (Å²) in [6.07, 6.45) is 0.632. The minimum Gasteiger partial charge on any atom is -0.294 e. The molecular weight excluding hydrogens is 239 g/mol. The lowest BCUT2D eigenvalue weighted by atomic mass is 9.92. The molecule has 0 aliphatic carbocycles. The first-order chi connectivity index (χ1) is 9.06. The largest absolute Gasteiger partial charge is 0.294 e. The second-order valence-corrected chi connectivity index (χ2v) is 4.97. The molecule has 0 bridgehead atoms. The molecule has 0 saturated heterocycles. The van der Waals surface area contributed by atoms with Gasteiger partial charge in [0, 0.05) is 11.5 Å². The summed E-state index contributed by atoms with van der Waals surface area (Å²) in [5.74, 6) is -0.221. The SMILES string of the molecule is Cc1cccc(C(=O)C(C)Cc2ccc(F)cc2)c1. The number of hydrogen-bond donors (Lipinski definition) is 0. The Balaban J connectivity index is 2.09. The Morgan fingerprint density at radius 3 is 2.47 bits per heavy atom. The van der Waals surface area contributed by atoms with Crippen LogP contribution in [-0.4, -0.2) is 5.78 Å². The maximum absolute atomic E-state index is 12.8. The molecule has 0 radical (unpaired) electrons. The van der Waals surface area contributed by atoms with Gasteiger partial charge in [0.2, 0.25) is 0 Å². The Hall–Kier alpha value is -1.96. The van der Waals surface area contributed by atoms with E-state index in [0.717, 1.165) is 16.7 Å². The second-order valence-electron chi connectivity index (χ2n) is 4.97. The monoisotopic (exact) mass is 256 g/mol. The van der Waals surface area contributed by atoms with E-state index in [9.17, 15) is 9.18 Å². The Bertz CT molecular complexity index is 572. The standard InChI is InChI=1S/C17H17FO/c1-12-4-3-5-15(10-12)17(19)13(2)11-14-6-8-16(18)9-7-14/h3-10,13H,11H2,1-2H3. The van der Waals surface area contributed by atoms with E-state index >= 15 is 0 Å². The lowest BCUT2D eigenvalue weighted by Gasteiger charge is -2.11. The van der Waals surface area contributed by atoms with Crippen molar-refractivity contribution in [3.63, 3.8) is 0 Å². The number of ketones is 1. The van der Waals surface area contributed by atoms with Gasteiger partial charge in [-0.3, -0.25) is 4.79 Å². The average Bonchev–Trinajstić information content (AvgIpc) is 2.40. The average molecular weight is 256 g/mol. The number of carbonyl (C=O) groups is 1. The number of hydrogen-bond acceptors (Lipinski definition) is 1. The number of Topliss-reactive ketones (excluding diaryl/α,β-unsaturated/α-hetero) is 1. The molecule has 0 aromatic heterocycles. The van der Waals surface area contributed by atoms with E-state index < -0.39 is 0 Å². The van der Waals surface area contributed by atoms with Gasteiger partial charge in [-0.2, -0.15) is 0 Å². The number of benzene rings is 2. The molecule has 19 heavy (non-hydrogen) atoms. The summed E-state index contributed by atoms with van der Waals surface area (Å²) in [4.78, 5) is 12.3. The Morgan fingerprint density at radius 1 is 1.16 bits per heavy atom. The van der Waals surface area contributed by atoms with Gasteiger partial charge in [0.1, 0.15) is 5.82 Å². The van der Waals surface area contributed by atoms with Gasteiger partial charge < -0.3 is 0 Å². The van der Waals surface area contributed by atoms with Crippen LogP contribution in [0.2, 0.25) is 0 Å². The fourth-order valence-electron chi connectivity index (χ4n) is 2.15. The summed E-state index contributed by atoms with van der Waals surface area (Å²) >= 11 is 0. The second kappa shape index (κ2) is 5.79. The smallest absolute Gasteiger partial charge is 0.166 e. The molecule has 2 rings (SSSR count). The zero-order valence-electron chi connectivity index (χ0n) is 11.2. The van der Waals surface area contributed by atoms with E-state index in [-0.39, 0.29) is 17.5 Å². The van der Waals surface area contributed by atoms with Crippen LogP contribution in [0.1, 0.15) is 28.4 Å². The molecule has 0 N–H and O–H groups in total. The number of aryl methyl sites for hydroxylation is 1. The van der Waals surface area contributed by atoms with Crippen LogP contribution in [-0.2, 0) is 6.42 Å².